The Morgan fingerprint density at radius 1 is 1.26 bits per heavy atom. The van der Waals surface area contributed by atoms with Crippen LogP contribution in [0.3, 0.4) is 0 Å². The zero-order valence-corrected chi connectivity index (χ0v) is 17.9. The summed E-state index contributed by atoms with van der Waals surface area (Å²) >= 11 is 0. The maximum atomic E-state index is 13.4. The number of carbonyl (C=O) groups is 1. The molecule has 0 radical (unpaired) electrons. The van der Waals surface area contributed by atoms with Crippen LogP contribution in [0.1, 0.15) is 41.4 Å². The van der Waals surface area contributed by atoms with Gasteiger partial charge < -0.3 is 4.74 Å². The predicted octanol–water partition coefficient (Wildman–Crippen LogP) is 4.34. The van der Waals surface area contributed by atoms with Crippen molar-refractivity contribution in [2.45, 2.75) is 38.1 Å². The number of methoxy groups -OCH3 is 1. The van der Waals surface area contributed by atoms with Crippen LogP contribution < -0.4 is 0 Å². The van der Waals surface area contributed by atoms with Crippen molar-refractivity contribution < 1.29 is 27.5 Å². The van der Waals surface area contributed by atoms with Gasteiger partial charge in [0, 0.05) is 26.3 Å². The molecule has 1 aromatic carbocycles. The monoisotopic (exact) mass is 437 g/mol. The first kappa shape index (κ1) is 23.0. The van der Waals surface area contributed by atoms with Crippen LogP contribution in [-0.2, 0) is 22.8 Å². The van der Waals surface area contributed by atoms with Crippen LogP contribution in [0.5, 0.6) is 0 Å². The van der Waals surface area contributed by atoms with E-state index >= 15 is 0 Å². The molecule has 0 fully saturated rings. The molecule has 1 amide bonds. The van der Waals surface area contributed by atoms with E-state index in [2.05, 4.69) is 5.10 Å². The number of alkyl halides is 3. The number of rotatable bonds is 6. The molecule has 168 valence electrons. The van der Waals surface area contributed by atoms with Crippen LogP contribution >= 0.6 is 0 Å². The number of nitrogens with zero attached hydrogens (tertiary/aromatic N) is 3. The first-order valence-electron chi connectivity index (χ1n) is 9.94. The number of halogens is 3. The topological polar surface area (TPSA) is 56.6 Å². The molecule has 1 aliphatic rings. The van der Waals surface area contributed by atoms with Gasteiger partial charge in [-0.1, -0.05) is 36.4 Å². The first-order valence-corrected chi connectivity index (χ1v) is 9.94. The fourth-order valence-electron chi connectivity index (χ4n) is 4.12. The van der Waals surface area contributed by atoms with Crippen LogP contribution in [0.25, 0.3) is 5.57 Å². The maximum Gasteiger partial charge on any atom is 0.435 e. The highest BCUT2D eigenvalue weighted by Crippen LogP contribution is 2.36. The molecule has 1 aromatic heterocycles. The van der Waals surface area contributed by atoms with Gasteiger partial charge in [-0.05, 0) is 30.9 Å². The van der Waals surface area contributed by atoms with Gasteiger partial charge in [-0.15, -0.1) is 0 Å². The number of hydroxylamine groups is 2. The molecule has 0 spiro atoms. The highest BCUT2D eigenvalue weighted by atomic mass is 19.4. The standard InChI is InChI=1S/C22H26F3N3O3/c1-14(17-11-10-16(12-19(17)30-3)15-8-6-5-7-9-15)28(31-4)21(29)18-13-27(2)26-20(18)22(23,24)25/h5-9,12-14,17,19H,10-11H2,1-4H3. The van der Waals surface area contributed by atoms with Crippen molar-refractivity contribution in [3.63, 3.8) is 0 Å². The van der Waals surface area contributed by atoms with Gasteiger partial charge in [0.15, 0.2) is 5.69 Å². The summed E-state index contributed by atoms with van der Waals surface area (Å²) in [5.74, 6) is -1.05. The fraction of sp³-hybridized carbons (Fsp3) is 0.455. The third kappa shape index (κ3) is 4.83. The molecule has 2 aromatic rings. The molecule has 0 aliphatic heterocycles. The van der Waals surface area contributed by atoms with Gasteiger partial charge in [0.05, 0.1) is 24.8 Å². The van der Waals surface area contributed by atoms with E-state index < -0.39 is 29.4 Å². The van der Waals surface area contributed by atoms with E-state index in [1.165, 1.54) is 14.2 Å². The van der Waals surface area contributed by atoms with Crippen molar-refractivity contribution in [2.24, 2.45) is 13.0 Å². The summed E-state index contributed by atoms with van der Waals surface area (Å²) in [6, 6.07) is 9.38. The van der Waals surface area contributed by atoms with Crippen LogP contribution in [-0.4, -0.2) is 47.1 Å². The number of ether oxygens (including phenoxy) is 1. The van der Waals surface area contributed by atoms with Gasteiger partial charge in [-0.2, -0.15) is 18.3 Å². The second-order valence-corrected chi connectivity index (χ2v) is 7.58. The second kappa shape index (κ2) is 9.23. The normalized spacial score (nSPS) is 20.3. The zero-order valence-electron chi connectivity index (χ0n) is 17.9. The number of aromatic nitrogens is 2. The molecule has 0 saturated carbocycles. The van der Waals surface area contributed by atoms with E-state index in [0.717, 1.165) is 33.5 Å². The maximum absolute atomic E-state index is 13.4. The molecular weight excluding hydrogens is 411 g/mol. The molecule has 0 bridgehead atoms. The largest absolute Gasteiger partial charge is 0.435 e. The van der Waals surface area contributed by atoms with Crippen LogP contribution in [0.2, 0.25) is 0 Å². The summed E-state index contributed by atoms with van der Waals surface area (Å²) in [4.78, 5) is 18.3. The fourth-order valence-corrected chi connectivity index (χ4v) is 4.12. The minimum atomic E-state index is -4.75. The van der Waals surface area contributed by atoms with Gasteiger partial charge in [0.2, 0.25) is 0 Å². The predicted molar refractivity (Wildman–Crippen MR) is 109 cm³/mol. The van der Waals surface area contributed by atoms with E-state index in [1.807, 2.05) is 36.4 Å². The Kier molecular flexibility index (Phi) is 6.86. The average Bonchev–Trinajstić information content (AvgIpc) is 3.16. The Balaban J connectivity index is 1.86. The number of aryl methyl sites for hydroxylation is 1. The zero-order chi connectivity index (χ0) is 22.8. The van der Waals surface area contributed by atoms with Crippen molar-refractivity contribution in [2.75, 3.05) is 14.2 Å². The molecule has 1 aliphatic carbocycles. The SMILES string of the molecule is COC1C=C(c2ccccc2)CCC1C(C)N(OC)C(=O)c1cn(C)nc1C(F)(F)F. The highest BCUT2D eigenvalue weighted by molar-refractivity contribution is 5.94. The highest BCUT2D eigenvalue weighted by Gasteiger charge is 2.42. The molecular formula is C22H26F3N3O3. The lowest BCUT2D eigenvalue weighted by atomic mass is 9.80. The van der Waals surface area contributed by atoms with Crippen LogP contribution in [0.15, 0.2) is 42.6 Å². The van der Waals surface area contributed by atoms with Gasteiger partial charge in [0.1, 0.15) is 0 Å². The van der Waals surface area contributed by atoms with Gasteiger partial charge in [-0.25, -0.2) is 5.06 Å². The Labute approximate surface area is 179 Å². The first-order chi connectivity index (χ1) is 14.7. The Bertz CT molecular complexity index is 940. The minimum Gasteiger partial charge on any atom is -0.377 e. The minimum absolute atomic E-state index is 0.160. The van der Waals surface area contributed by atoms with E-state index in [-0.39, 0.29) is 12.0 Å². The number of allylic oxidation sites excluding steroid dienone is 1. The van der Waals surface area contributed by atoms with Crippen molar-refractivity contribution in [3.05, 3.63) is 59.4 Å². The molecule has 31 heavy (non-hydrogen) atoms. The number of benzene rings is 1. The van der Waals surface area contributed by atoms with Crippen molar-refractivity contribution in [1.29, 1.82) is 0 Å². The number of carbonyl (C=O) groups excluding carboxylic acids is 1. The smallest absolute Gasteiger partial charge is 0.377 e. The van der Waals surface area contributed by atoms with Crippen molar-refractivity contribution in [1.82, 2.24) is 14.8 Å². The quantitative estimate of drug-likeness (QED) is 0.631. The van der Waals surface area contributed by atoms with Crippen LogP contribution in [0.4, 0.5) is 13.2 Å². The Hall–Kier alpha value is -2.65. The lowest BCUT2D eigenvalue weighted by Gasteiger charge is -2.38. The number of hydrogen-bond acceptors (Lipinski definition) is 4. The molecule has 0 saturated heterocycles. The average molecular weight is 437 g/mol. The lowest BCUT2D eigenvalue weighted by Crippen LogP contribution is -2.47. The van der Waals surface area contributed by atoms with E-state index in [0.29, 0.717) is 6.42 Å². The molecule has 3 atom stereocenters. The van der Waals surface area contributed by atoms with Gasteiger partial charge >= 0.3 is 6.18 Å². The molecule has 0 N–H and O–H groups in total. The molecule has 1 heterocycles. The van der Waals surface area contributed by atoms with E-state index in [1.54, 1.807) is 14.0 Å². The van der Waals surface area contributed by atoms with E-state index in [9.17, 15) is 18.0 Å². The summed E-state index contributed by atoms with van der Waals surface area (Å²) in [5, 5.41) is 4.41. The second-order valence-electron chi connectivity index (χ2n) is 7.58. The van der Waals surface area contributed by atoms with E-state index in [4.69, 9.17) is 9.57 Å². The van der Waals surface area contributed by atoms with Gasteiger partial charge in [-0.3, -0.25) is 14.3 Å². The lowest BCUT2D eigenvalue weighted by molar-refractivity contribution is -0.148. The number of amides is 1. The summed E-state index contributed by atoms with van der Waals surface area (Å²) in [7, 11) is 4.19. The molecule has 9 heteroatoms. The third-order valence-electron chi connectivity index (χ3n) is 5.67. The molecule has 3 unspecified atom stereocenters. The Morgan fingerprint density at radius 2 is 1.94 bits per heavy atom. The van der Waals surface area contributed by atoms with Gasteiger partial charge in [0.25, 0.3) is 5.91 Å². The summed E-state index contributed by atoms with van der Waals surface area (Å²) in [6.07, 6.45) is -0.546. The molecule has 6 nitrogen and oxygen atoms in total. The summed E-state index contributed by atoms with van der Waals surface area (Å²) in [6.45, 7) is 1.75. The Morgan fingerprint density at radius 3 is 2.52 bits per heavy atom. The third-order valence-corrected chi connectivity index (χ3v) is 5.67. The van der Waals surface area contributed by atoms with Crippen LogP contribution in [0, 0.1) is 5.92 Å². The number of hydrogen-bond donors (Lipinski definition) is 0. The van der Waals surface area contributed by atoms with Crippen molar-refractivity contribution in [3.8, 4) is 0 Å². The summed E-state index contributed by atoms with van der Waals surface area (Å²) in [5.41, 5.74) is 0.458. The summed E-state index contributed by atoms with van der Waals surface area (Å²) < 4.78 is 46.7. The molecule has 3 rings (SSSR count). The van der Waals surface area contributed by atoms with Crippen molar-refractivity contribution >= 4 is 11.5 Å².